The second-order valence-electron chi connectivity index (χ2n) is 4.86. The molecule has 2 aromatic heterocycles. The molecule has 0 atom stereocenters. The van der Waals surface area contributed by atoms with Crippen LogP contribution in [0.4, 0.5) is 17.2 Å². The molecule has 120 valence electrons. The molecule has 3 rings (SSSR count). The number of nitrogens with zero attached hydrogens (tertiary/aromatic N) is 4. The SMILES string of the molecule is Cc1ccccc1Nc1ncnc(Oc2cccnc2)c1[N+](=O)[O-]. The monoisotopic (exact) mass is 323 g/mol. The van der Waals surface area contributed by atoms with Crippen molar-refractivity contribution in [3.8, 4) is 11.6 Å². The first kappa shape index (κ1) is 15.3. The number of benzene rings is 1. The van der Waals surface area contributed by atoms with Gasteiger partial charge in [0, 0.05) is 11.9 Å². The van der Waals surface area contributed by atoms with E-state index < -0.39 is 4.92 Å². The van der Waals surface area contributed by atoms with E-state index in [1.165, 1.54) is 12.5 Å². The highest BCUT2D eigenvalue weighted by Crippen LogP contribution is 2.35. The topological polar surface area (TPSA) is 103 Å². The molecule has 0 bridgehead atoms. The lowest BCUT2D eigenvalue weighted by atomic mass is 10.2. The maximum absolute atomic E-state index is 11.5. The van der Waals surface area contributed by atoms with Gasteiger partial charge < -0.3 is 10.1 Å². The van der Waals surface area contributed by atoms with Gasteiger partial charge in [0.05, 0.1) is 11.1 Å². The normalized spacial score (nSPS) is 10.2. The largest absolute Gasteiger partial charge is 0.432 e. The van der Waals surface area contributed by atoms with Gasteiger partial charge in [0.2, 0.25) is 5.82 Å². The highest BCUT2D eigenvalue weighted by atomic mass is 16.6. The zero-order chi connectivity index (χ0) is 16.9. The van der Waals surface area contributed by atoms with Crippen molar-refractivity contribution >= 4 is 17.2 Å². The Labute approximate surface area is 137 Å². The summed E-state index contributed by atoms with van der Waals surface area (Å²) in [7, 11) is 0. The van der Waals surface area contributed by atoms with Crippen molar-refractivity contribution in [3.63, 3.8) is 0 Å². The van der Waals surface area contributed by atoms with Crippen LogP contribution in [0, 0.1) is 17.0 Å². The summed E-state index contributed by atoms with van der Waals surface area (Å²) in [5.41, 5.74) is 1.30. The van der Waals surface area contributed by atoms with Gasteiger partial charge in [0.1, 0.15) is 12.1 Å². The molecule has 0 unspecified atom stereocenters. The number of para-hydroxylation sites is 1. The molecule has 0 saturated heterocycles. The summed E-state index contributed by atoms with van der Waals surface area (Å²) in [4.78, 5) is 22.7. The average Bonchev–Trinajstić information content (AvgIpc) is 2.58. The zero-order valence-corrected chi connectivity index (χ0v) is 12.7. The molecule has 0 saturated carbocycles. The minimum Gasteiger partial charge on any atom is -0.432 e. The minimum atomic E-state index is -0.577. The first-order valence-electron chi connectivity index (χ1n) is 7.05. The molecule has 0 aliphatic heterocycles. The Hall–Kier alpha value is -3.55. The predicted octanol–water partition coefficient (Wildman–Crippen LogP) is 3.62. The highest BCUT2D eigenvalue weighted by molar-refractivity contribution is 5.70. The molecular weight excluding hydrogens is 310 g/mol. The van der Waals surface area contributed by atoms with Crippen LogP contribution in [0.15, 0.2) is 55.1 Å². The van der Waals surface area contributed by atoms with Crippen molar-refractivity contribution in [1.29, 1.82) is 0 Å². The fraction of sp³-hybridized carbons (Fsp3) is 0.0625. The minimum absolute atomic E-state index is 0.0585. The number of aryl methyl sites for hydroxylation is 1. The van der Waals surface area contributed by atoms with Gasteiger partial charge >= 0.3 is 11.6 Å². The number of hydrogen-bond acceptors (Lipinski definition) is 7. The van der Waals surface area contributed by atoms with Crippen LogP contribution in [0.1, 0.15) is 5.56 Å². The number of rotatable bonds is 5. The summed E-state index contributed by atoms with van der Waals surface area (Å²) in [6.07, 6.45) is 4.23. The summed E-state index contributed by atoms with van der Waals surface area (Å²) >= 11 is 0. The summed E-state index contributed by atoms with van der Waals surface area (Å²) in [6.45, 7) is 1.89. The Balaban J connectivity index is 1.99. The van der Waals surface area contributed by atoms with Crippen molar-refractivity contribution in [3.05, 3.63) is 70.8 Å². The van der Waals surface area contributed by atoms with E-state index >= 15 is 0 Å². The van der Waals surface area contributed by atoms with Crippen LogP contribution in [-0.4, -0.2) is 19.9 Å². The van der Waals surface area contributed by atoms with E-state index in [0.717, 1.165) is 5.56 Å². The van der Waals surface area contributed by atoms with Gasteiger partial charge in [-0.25, -0.2) is 4.98 Å². The van der Waals surface area contributed by atoms with E-state index in [9.17, 15) is 10.1 Å². The molecule has 0 aliphatic rings. The van der Waals surface area contributed by atoms with Gasteiger partial charge in [0.15, 0.2) is 0 Å². The molecule has 0 radical (unpaired) electrons. The van der Waals surface area contributed by atoms with Crippen LogP contribution in [0.5, 0.6) is 11.6 Å². The molecule has 0 amide bonds. The third-order valence-corrected chi connectivity index (χ3v) is 3.22. The Morgan fingerprint density at radius 3 is 2.71 bits per heavy atom. The van der Waals surface area contributed by atoms with E-state index in [1.807, 2.05) is 31.2 Å². The molecular formula is C16H13N5O3. The quantitative estimate of drug-likeness (QED) is 0.565. The molecule has 0 spiro atoms. The molecule has 24 heavy (non-hydrogen) atoms. The van der Waals surface area contributed by atoms with Crippen LogP contribution in [0.25, 0.3) is 0 Å². The standard InChI is InChI=1S/C16H13N5O3/c1-11-5-2-3-7-13(11)20-15-14(21(22)23)16(19-10-18-15)24-12-6-4-8-17-9-12/h2-10H,1H3,(H,18,19,20). The number of nitrogens with one attached hydrogen (secondary N) is 1. The van der Waals surface area contributed by atoms with Crippen LogP contribution < -0.4 is 10.1 Å². The van der Waals surface area contributed by atoms with E-state index in [1.54, 1.807) is 18.3 Å². The smallest absolute Gasteiger partial charge is 0.373 e. The van der Waals surface area contributed by atoms with E-state index in [4.69, 9.17) is 4.74 Å². The zero-order valence-electron chi connectivity index (χ0n) is 12.7. The summed E-state index contributed by atoms with van der Waals surface area (Å²) in [5, 5.41) is 14.5. The third kappa shape index (κ3) is 3.27. The third-order valence-electron chi connectivity index (χ3n) is 3.22. The lowest BCUT2D eigenvalue weighted by Gasteiger charge is -2.10. The van der Waals surface area contributed by atoms with Gasteiger partial charge in [-0.3, -0.25) is 15.1 Å². The van der Waals surface area contributed by atoms with Crippen molar-refractivity contribution in [2.24, 2.45) is 0 Å². The van der Waals surface area contributed by atoms with Crippen molar-refractivity contribution in [2.75, 3.05) is 5.32 Å². The van der Waals surface area contributed by atoms with Gasteiger partial charge in [-0.15, -0.1) is 0 Å². The first-order valence-corrected chi connectivity index (χ1v) is 7.05. The highest BCUT2D eigenvalue weighted by Gasteiger charge is 2.25. The fourth-order valence-corrected chi connectivity index (χ4v) is 2.05. The van der Waals surface area contributed by atoms with E-state index in [2.05, 4.69) is 20.3 Å². The number of aromatic nitrogens is 3. The van der Waals surface area contributed by atoms with Crippen LogP contribution in [0.2, 0.25) is 0 Å². The number of anilines is 2. The maximum Gasteiger partial charge on any atom is 0.373 e. The molecule has 1 N–H and O–H groups in total. The molecule has 2 heterocycles. The summed E-state index contributed by atoms with van der Waals surface area (Å²) in [6, 6.07) is 10.7. The predicted molar refractivity (Wildman–Crippen MR) is 87.5 cm³/mol. The number of hydrogen-bond donors (Lipinski definition) is 1. The van der Waals surface area contributed by atoms with E-state index in [-0.39, 0.29) is 17.4 Å². The van der Waals surface area contributed by atoms with Crippen molar-refractivity contribution in [1.82, 2.24) is 15.0 Å². The lowest BCUT2D eigenvalue weighted by molar-refractivity contribution is -0.385. The Morgan fingerprint density at radius 1 is 1.17 bits per heavy atom. The van der Waals surface area contributed by atoms with Gasteiger partial charge in [-0.1, -0.05) is 18.2 Å². The molecule has 8 heteroatoms. The number of ether oxygens (including phenoxy) is 1. The molecule has 0 fully saturated rings. The lowest BCUT2D eigenvalue weighted by Crippen LogP contribution is -2.04. The van der Waals surface area contributed by atoms with Crippen LogP contribution >= 0.6 is 0 Å². The summed E-state index contributed by atoms with van der Waals surface area (Å²) < 4.78 is 5.48. The Morgan fingerprint density at radius 2 is 2.00 bits per heavy atom. The fourth-order valence-electron chi connectivity index (χ4n) is 2.05. The van der Waals surface area contributed by atoms with Crippen LogP contribution in [0.3, 0.4) is 0 Å². The van der Waals surface area contributed by atoms with Gasteiger partial charge in [-0.2, -0.15) is 4.98 Å². The Bertz CT molecular complexity index is 871. The van der Waals surface area contributed by atoms with Crippen LogP contribution in [-0.2, 0) is 0 Å². The summed E-state index contributed by atoms with van der Waals surface area (Å²) in [5.74, 6) is 0.253. The molecule has 8 nitrogen and oxygen atoms in total. The second-order valence-corrected chi connectivity index (χ2v) is 4.86. The van der Waals surface area contributed by atoms with Gasteiger partial charge in [-0.05, 0) is 30.7 Å². The van der Waals surface area contributed by atoms with Gasteiger partial charge in [0.25, 0.3) is 0 Å². The maximum atomic E-state index is 11.5. The first-order chi connectivity index (χ1) is 11.6. The number of nitro groups is 1. The van der Waals surface area contributed by atoms with E-state index in [0.29, 0.717) is 11.4 Å². The van der Waals surface area contributed by atoms with Crippen molar-refractivity contribution in [2.45, 2.75) is 6.92 Å². The van der Waals surface area contributed by atoms with Crippen molar-refractivity contribution < 1.29 is 9.66 Å². The average molecular weight is 323 g/mol. The Kier molecular flexibility index (Phi) is 4.28. The second kappa shape index (κ2) is 6.69. The number of pyridine rings is 1. The molecule has 3 aromatic rings. The molecule has 0 aliphatic carbocycles. The molecule has 1 aromatic carbocycles.